The van der Waals surface area contributed by atoms with Crippen LogP contribution in [-0.4, -0.2) is 32.6 Å². The summed E-state index contributed by atoms with van der Waals surface area (Å²) >= 11 is 6.09. The molecule has 2 aliphatic rings. The van der Waals surface area contributed by atoms with E-state index in [1.165, 1.54) is 5.56 Å². The molecule has 0 radical (unpaired) electrons. The van der Waals surface area contributed by atoms with Gasteiger partial charge in [-0.1, -0.05) is 31.5 Å². The van der Waals surface area contributed by atoms with Crippen LogP contribution >= 0.6 is 11.6 Å². The van der Waals surface area contributed by atoms with Gasteiger partial charge in [0.05, 0.1) is 5.69 Å². The number of aromatic nitrogens is 4. The Bertz CT molecular complexity index is 1160. The first-order valence-electron chi connectivity index (χ1n) is 10.3. The van der Waals surface area contributed by atoms with E-state index in [0.717, 1.165) is 43.1 Å². The molecule has 0 bridgehead atoms. The summed E-state index contributed by atoms with van der Waals surface area (Å²) in [5, 5.41) is 0.550. The number of halogens is 1. The van der Waals surface area contributed by atoms with Crippen LogP contribution in [0, 0.1) is 11.3 Å². The van der Waals surface area contributed by atoms with Crippen molar-refractivity contribution in [2.75, 3.05) is 18.0 Å². The molecule has 5 rings (SSSR count). The fraction of sp³-hybridized carbons (Fsp3) is 0.391. The van der Waals surface area contributed by atoms with Crippen molar-refractivity contribution in [3.05, 3.63) is 69.5 Å². The van der Waals surface area contributed by atoms with Crippen LogP contribution < -0.4 is 10.5 Å². The molecule has 7 heteroatoms. The van der Waals surface area contributed by atoms with E-state index in [-0.39, 0.29) is 11.0 Å². The zero-order valence-electron chi connectivity index (χ0n) is 17.2. The van der Waals surface area contributed by atoms with Gasteiger partial charge in [-0.05, 0) is 42.5 Å². The summed E-state index contributed by atoms with van der Waals surface area (Å²) in [7, 11) is 0. The normalized spacial score (nSPS) is 19.4. The third-order valence-corrected chi connectivity index (χ3v) is 6.17. The second-order valence-corrected chi connectivity index (χ2v) is 9.55. The smallest absolute Gasteiger partial charge is 0.255 e. The van der Waals surface area contributed by atoms with Crippen LogP contribution in [0.25, 0.3) is 11.3 Å². The van der Waals surface area contributed by atoms with E-state index in [9.17, 15) is 4.79 Å². The minimum atomic E-state index is -0.0102. The van der Waals surface area contributed by atoms with Gasteiger partial charge in [-0.3, -0.25) is 14.3 Å². The standard InChI is InChI=1S/C23H24ClN5O/c1-23(2)13-28(12-15-9-17-3-4-20(24)26-18(17)10-15)22-27-19(11-21(30)29(22)14-23)16-5-7-25-8-6-16/h3-8,11,15H,9-10,12-14H2,1-2H3. The minimum absolute atomic E-state index is 0.00672. The van der Waals surface area contributed by atoms with Crippen LogP contribution in [0.3, 0.4) is 0 Å². The lowest BCUT2D eigenvalue weighted by molar-refractivity contribution is 0.268. The molecule has 0 saturated heterocycles. The van der Waals surface area contributed by atoms with E-state index in [4.69, 9.17) is 16.6 Å². The summed E-state index contributed by atoms with van der Waals surface area (Å²) in [6, 6.07) is 9.36. The lowest BCUT2D eigenvalue weighted by Gasteiger charge is -2.41. The lowest BCUT2D eigenvalue weighted by atomic mass is 9.90. The molecule has 0 N–H and O–H groups in total. The number of fused-ring (bicyclic) bond motifs is 2. The zero-order chi connectivity index (χ0) is 20.9. The third-order valence-electron chi connectivity index (χ3n) is 5.96. The second-order valence-electron chi connectivity index (χ2n) is 9.16. The average Bonchev–Trinajstić information content (AvgIpc) is 3.10. The van der Waals surface area contributed by atoms with E-state index in [0.29, 0.717) is 23.3 Å². The van der Waals surface area contributed by atoms with Gasteiger partial charge in [-0.25, -0.2) is 9.97 Å². The Morgan fingerprint density at radius 1 is 1.10 bits per heavy atom. The molecule has 4 heterocycles. The number of anilines is 1. The van der Waals surface area contributed by atoms with Crippen LogP contribution in [0.15, 0.2) is 47.5 Å². The van der Waals surface area contributed by atoms with Crippen molar-refractivity contribution in [2.45, 2.75) is 33.2 Å². The van der Waals surface area contributed by atoms with Crippen LogP contribution in [0.1, 0.15) is 25.1 Å². The van der Waals surface area contributed by atoms with E-state index in [1.807, 2.05) is 22.8 Å². The minimum Gasteiger partial charge on any atom is -0.341 e. The molecule has 1 unspecified atom stereocenters. The van der Waals surface area contributed by atoms with Crippen molar-refractivity contribution in [1.82, 2.24) is 19.5 Å². The van der Waals surface area contributed by atoms with Crippen molar-refractivity contribution in [1.29, 1.82) is 0 Å². The highest BCUT2D eigenvalue weighted by molar-refractivity contribution is 6.29. The first-order chi connectivity index (χ1) is 14.4. The molecule has 0 fully saturated rings. The van der Waals surface area contributed by atoms with E-state index < -0.39 is 0 Å². The van der Waals surface area contributed by atoms with Crippen molar-refractivity contribution in [3.63, 3.8) is 0 Å². The van der Waals surface area contributed by atoms with Crippen molar-refractivity contribution in [3.8, 4) is 11.3 Å². The van der Waals surface area contributed by atoms with Gasteiger partial charge in [0.15, 0.2) is 0 Å². The maximum atomic E-state index is 13.0. The Hall–Kier alpha value is -2.73. The Morgan fingerprint density at radius 3 is 2.70 bits per heavy atom. The molecule has 6 nitrogen and oxygen atoms in total. The molecular formula is C23H24ClN5O. The number of nitrogens with zero attached hydrogens (tertiary/aromatic N) is 5. The van der Waals surface area contributed by atoms with Crippen molar-refractivity contribution in [2.24, 2.45) is 11.3 Å². The summed E-state index contributed by atoms with van der Waals surface area (Å²) in [5.74, 6) is 1.19. The highest BCUT2D eigenvalue weighted by Crippen LogP contribution is 2.33. The SMILES string of the molecule is CC1(C)CN(CC2Cc3ccc(Cl)nc3C2)c2nc(-c3ccncc3)cc(=O)n2C1. The van der Waals surface area contributed by atoms with Crippen molar-refractivity contribution < 1.29 is 0 Å². The quantitative estimate of drug-likeness (QED) is 0.604. The lowest BCUT2D eigenvalue weighted by Crippen LogP contribution is -2.49. The van der Waals surface area contributed by atoms with Gasteiger partial charge in [-0.15, -0.1) is 0 Å². The van der Waals surface area contributed by atoms with Gasteiger partial charge in [0, 0.05) is 54.8 Å². The van der Waals surface area contributed by atoms with Gasteiger partial charge in [0.25, 0.3) is 5.56 Å². The molecule has 1 aliphatic heterocycles. The van der Waals surface area contributed by atoms with Gasteiger partial charge in [-0.2, -0.15) is 0 Å². The van der Waals surface area contributed by atoms with E-state index in [1.54, 1.807) is 18.5 Å². The number of hydrogen-bond acceptors (Lipinski definition) is 5. The van der Waals surface area contributed by atoms with Crippen molar-refractivity contribution >= 4 is 17.5 Å². The maximum absolute atomic E-state index is 13.0. The predicted octanol–water partition coefficient (Wildman–Crippen LogP) is 3.61. The summed E-state index contributed by atoms with van der Waals surface area (Å²) in [4.78, 5) is 28.8. The second kappa shape index (κ2) is 7.20. The summed E-state index contributed by atoms with van der Waals surface area (Å²) in [5.41, 5.74) is 3.96. The largest absolute Gasteiger partial charge is 0.341 e. The molecule has 154 valence electrons. The van der Waals surface area contributed by atoms with Crippen LogP contribution in [0.4, 0.5) is 5.95 Å². The summed E-state index contributed by atoms with van der Waals surface area (Å²) in [6.45, 7) is 6.78. The first kappa shape index (κ1) is 19.2. The molecule has 1 aliphatic carbocycles. The number of pyridine rings is 2. The monoisotopic (exact) mass is 421 g/mol. The Labute approximate surface area is 180 Å². The van der Waals surface area contributed by atoms with Gasteiger partial charge in [0.2, 0.25) is 5.95 Å². The Kier molecular flexibility index (Phi) is 4.62. The fourth-order valence-electron chi connectivity index (χ4n) is 4.73. The maximum Gasteiger partial charge on any atom is 0.255 e. The summed E-state index contributed by atoms with van der Waals surface area (Å²) < 4.78 is 1.82. The molecule has 0 aromatic carbocycles. The predicted molar refractivity (Wildman–Crippen MR) is 118 cm³/mol. The average molecular weight is 422 g/mol. The highest BCUT2D eigenvalue weighted by atomic mass is 35.5. The van der Waals surface area contributed by atoms with Crippen LogP contribution in [0.5, 0.6) is 0 Å². The van der Waals surface area contributed by atoms with E-state index >= 15 is 0 Å². The van der Waals surface area contributed by atoms with Gasteiger partial charge < -0.3 is 4.90 Å². The molecular weight excluding hydrogens is 398 g/mol. The third kappa shape index (κ3) is 3.60. The highest BCUT2D eigenvalue weighted by Gasteiger charge is 2.34. The molecule has 3 aromatic rings. The van der Waals surface area contributed by atoms with Crippen LogP contribution in [0.2, 0.25) is 5.15 Å². The van der Waals surface area contributed by atoms with Gasteiger partial charge in [0.1, 0.15) is 5.15 Å². The molecule has 3 aromatic heterocycles. The molecule has 30 heavy (non-hydrogen) atoms. The fourth-order valence-corrected chi connectivity index (χ4v) is 4.89. The Morgan fingerprint density at radius 2 is 1.90 bits per heavy atom. The summed E-state index contributed by atoms with van der Waals surface area (Å²) in [6.07, 6.45) is 5.33. The molecule has 0 spiro atoms. The van der Waals surface area contributed by atoms with Crippen LogP contribution in [-0.2, 0) is 19.4 Å². The molecule has 1 atom stereocenters. The first-order valence-corrected chi connectivity index (χ1v) is 10.7. The topological polar surface area (TPSA) is 63.9 Å². The zero-order valence-corrected chi connectivity index (χ0v) is 17.9. The Balaban J connectivity index is 1.49. The molecule has 0 amide bonds. The van der Waals surface area contributed by atoms with Gasteiger partial charge >= 0.3 is 0 Å². The number of hydrogen-bond donors (Lipinski definition) is 0. The molecule has 0 saturated carbocycles. The van der Waals surface area contributed by atoms with E-state index in [2.05, 4.69) is 34.8 Å². The number of rotatable bonds is 3.